The van der Waals surface area contributed by atoms with Crippen LogP contribution in [0.1, 0.15) is 10.6 Å². The SMILES string of the molecule is N#Cc1nc(OCc2cccs2)ccc1N. The molecule has 0 fully saturated rings. The van der Waals surface area contributed by atoms with E-state index in [9.17, 15) is 0 Å². The normalized spacial score (nSPS) is 9.69. The molecule has 0 saturated carbocycles. The molecule has 2 aromatic rings. The number of nitrogens with zero attached hydrogens (tertiary/aromatic N) is 2. The molecule has 0 amide bonds. The number of pyridine rings is 1. The van der Waals surface area contributed by atoms with E-state index in [0.29, 0.717) is 18.2 Å². The second-order valence-corrected chi connectivity index (χ2v) is 4.10. The van der Waals surface area contributed by atoms with E-state index >= 15 is 0 Å². The molecule has 16 heavy (non-hydrogen) atoms. The number of nitrogen functional groups attached to an aromatic ring is 1. The Morgan fingerprint density at radius 3 is 3.00 bits per heavy atom. The summed E-state index contributed by atoms with van der Waals surface area (Å²) >= 11 is 1.61. The van der Waals surface area contributed by atoms with Gasteiger partial charge >= 0.3 is 0 Å². The molecule has 4 nitrogen and oxygen atoms in total. The smallest absolute Gasteiger partial charge is 0.214 e. The van der Waals surface area contributed by atoms with Crippen LogP contribution in [0.4, 0.5) is 5.69 Å². The molecule has 0 aliphatic heterocycles. The van der Waals surface area contributed by atoms with Crippen LogP contribution in [0.3, 0.4) is 0 Å². The molecule has 2 heterocycles. The lowest BCUT2D eigenvalue weighted by Gasteiger charge is -2.04. The molecule has 5 heteroatoms. The highest BCUT2D eigenvalue weighted by molar-refractivity contribution is 7.09. The molecule has 0 unspecified atom stereocenters. The van der Waals surface area contributed by atoms with Crippen LogP contribution < -0.4 is 10.5 Å². The van der Waals surface area contributed by atoms with E-state index in [4.69, 9.17) is 15.7 Å². The van der Waals surface area contributed by atoms with Crippen LogP contribution in [0, 0.1) is 11.3 Å². The maximum Gasteiger partial charge on any atom is 0.214 e. The minimum absolute atomic E-state index is 0.198. The summed E-state index contributed by atoms with van der Waals surface area (Å²) in [6, 6.07) is 9.13. The molecular weight excluding hydrogens is 222 g/mol. The number of nitriles is 1. The van der Waals surface area contributed by atoms with Crippen LogP contribution >= 0.6 is 11.3 Å². The van der Waals surface area contributed by atoms with Gasteiger partial charge in [0.2, 0.25) is 5.88 Å². The highest BCUT2D eigenvalue weighted by atomic mass is 32.1. The molecule has 2 aromatic heterocycles. The van der Waals surface area contributed by atoms with E-state index in [0.717, 1.165) is 4.88 Å². The minimum Gasteiger partial charge on any atom is -0.472 e. The summed E-state index contributed by atoms with van der Waals surface area (Å²) in [5, 5.41) is 10.7. The van der Waals surface area contributed by atoms with E-state index in [1.54, 1.807) is 23.5 Å². The Labute approximate surface area is 96.9 Å². The molecule has 0 saturated heterocycles. The van der Waals surface area contributed by atoms with Crippen molar-refractivity contribution in [2.24, 2.45) is 0 Å². The van der Waals surface area contributed by atoms with Gasteiger partial charge in [-0.25, -0.2) is 4.98 Å². The third-order valence-corrected chi connectivity index (χ3v) is 2.80. The predicted octanol–water partition coefficient (Wildman–Crippen LogP) is 2.18. The lowest BCUT2D eigenvalue weighted by molar-refractivity contribution is 0.297. The molecule has 0 atom stereocenters. The maximum atomic E-state index is 8.75. The van der Waals surface area contributed by atoms with E-state index in [1.807, 2.05) is 23.6 Å². The highest BCUT2D eigenvalue weighted by Crippen LogP contribution is 2.16. The van der Waals surface area contributed by atoms with Gasteiger partial charge in [-0.15, -0.1) is 11.3 Å². The average molecular weight is 231 g/mol. The number of hydrogen-bond donors (Lipinski definition) is 1. The summed E-state index contributed by atoms with van der Waals surface area (Å²) in [6.07, 6.45) is 0. The van der Waals surface area contributed by atoms with Crippen LogP contribution in [0.2, 0.25) is 0 Å². The Bertz CT molecular complexity index is 517. The van der Waals surface area contributed by atoms with Crippen molar-refractivity contribution in [3.05, 3.63) is 40.2 Å². The number of ether oxygens (including phenoxy) is 1. The van der Waals surface area contributed by atoms with E-state index < -0.39 is 0 Å². The van der Waals surface area contributed by atoms with E-state index in [1.165, 1.54) is 0 Å². The molecule has 0 aliphatic carbocycles. The molecule has 80 valence electrons. The number of anilines is 1. The Hall–Kier alpha value is -2.06. The number of nitrogens with two attached hydrogens (primary N) is 1. The number of thiophene rings is 1. The average Bonchev–Trinajstić information content (AvgIpc) is 2.81. The fourth-order valence-corrected chi connectivity index (χ4v) is 1.78. The zero-order valence-electron chi connectivity index (χ0n) is 8.38. The van der Waals surface area contributed by atoms with Gasteiger partial charge in [-0.2, -0.15) is 5.26 Å². The summed E-state index contributed by atoms with van der Waals surface area (Å²) in [4.78, 5) is 5.09. The Morgan fingerprint density at radius 2 is 2.31 bits per heavy atom. The van der Waals surface area contributed by atoms with Gasteiger partial charge in [0.05, 0.1) is 5.69 Å². The third-order valence-electron chi connectivity index (χ3n) is 1.95. The summed E-state index contributed by atoms with van der Waals surface area (Å²) in [7, 11) is 0. The van der Waals surface area contributed by atoms with Gasteiger partial charge < -0.3 is 10.5 Å². The van der Waals surface area contributed by atoms with Gasteiger partial charge in [0, 0.05) is 10.9 Å². The first-order chi connectivity index (χ1) is 7.79. The van der Waals surface area contributed by atoms with E-state index in [-0.39, 0.29) is 5.69 Å². The lowest BCUT2D eigenvalue weighted by atomic mass is 10.3. The molecule has 0 aliphatic rings. The summed E-state index contributed by atoms with van der Waals surface area (Å²) in [5.74, 6) is 0.416. The van der Waals surface area contributed by atoms with Crippen molar-refractivity contribution in [3.8, 4) is 11.9 Å². The van der Waals surface area contributed by atoms with Gasteiger partial charge in [0.15, 0.2) is 5.69 Å². The predicted molar refractivity (Wildman–Crippen MR) is 62.0 cm³/mol. The minimum atomic E-state index is 0.198. The molecule has 0 radical (unpaired) electrons. The first kappa shape index (κ1) is 10.5. The lowest BCUT2D eigenvalue weighted by Crippen LogP contribution is -1.99. The summed E-state index contributed by atoms with van der Waals surface area (Å²) < 4.78 is 5.44. The van der Waals surface area contributed by atoms with Gasteiger partial charge in [0.1, 0.15) is 12.7 Å². The molecule has 0 aromatic carbocycles. The Balaban J connectivity index is 2.08. The van der Waals surface area contributed by atoms with Crippen LogP contribution in [0.25, 0.3) is 0 Å². The standard InChI is InChI=1S/C11H9N3OS/c12-6-10-9(13)3-4-11(14-10)15-7-8-2-1-5-16-8/h1-5H,7,13H2. The summed E-state index contributed by atoms with van der Waals surface area (Å²) in [5.41, 5.74) is 6.12. The number of aromatic nitrogens is 1. The van der Waals surface area contributed by atoms with Crippen LogP contribution in [-0.4, -0.2) is 4.98 Å². The Morgan fingerprint density at radius 1 is 1.44 bits per heavy atom. The van der Waals surface area contributed by atoms with Gasteiger partial charge in [-0.3, -0.25) is 0 Å². The number of rotatable bonds is 3. The van der Waals surface area contributed by atoms with Gasteiger partial charge in [-0.1, -0.05) is 6.07 Å². The fraction of sp³-hybridized carbons (Fsp3) is 0.0909. The van der Waals surface area contributed by atoms with Crippen molar-refractivity contribution in [2.45, 2.75) is 6.61 Å². The van der Waals surface area contributed by atoms with Crippen molar-refractivity contribution < 1.29 is 4.74 Å². The van der Waals surface area contributed by atoms with Crippen LogP contribution in [0.15, 0.2) is 29.6 Å². The zero-order valence-corrected chi connectivity index (χ0v) is 9.20. The van der Waals surface area contributed by atoms with Gasteiger partial charge in [-0.05, 0) is 17.5 Å². The van der Waals surface area contributed by atoms with Gasteiger partial charge in [0.25, 0.3) is 0 Å². The zero-order chi connectivity index (χ0) is 11.4. The highest BCUT2D eigenvalue weighted by Gasteiger charge is 2.03. The quantitative estimate of drug-likeness (QED) is 0.878. The monoisotopic (exact) mass is 231 g/mol. The molecule has 2 N–H and O–H groups in total. The summed E-state index contributed by atoms with van der Waals surface area (Å²) in [6.45, 7) is 0.458. The maximum absolute atomic E-state index is 8.75. The first-order valence-electron chi connectivity index (χ1n) is 4.61. The second-order valence-electron chi connectivity index (χ2n) is 3.07. The third kappa shape index (κ3) is 2.30. The van der Waals surface area contributed by atoms with E-state index in [2.05, 4.69) is 4.98 Å². The topological polar surface area (TPSA) is 71.9 Å². The van der Waals surface area contributed by atoms with Crippen molar-refractivity contribution in [1.29, 1.82) is 5.26 Å². The fourth-order valence-electron chi connectivity index (χ4n) is 1.16. The van der Waals surface area contributed by atoms with Crippen molar-refractivity contribution in [3.63, 3.8) is 0 Å². The number of hydrogen-bond acceptors (Lipinski definition) is 5. The molecule has 0 bridgehead atoms. The molecule has 0 spiro atoms. The van der Waals surface area contributed by atoms with Crippen molar-refractivity contribution >= 4 is 17.0 Å². The molecule has 2 rings (SSSR count). The second kappa shape index (κ2) is 4.64. The Kier molecular flexibility index (Phi) is 3.03. The largest absolute Gasteiger partial charge is 0.472 e. The van der Waals surface area contributed by atoms with Crippen LogP contribution in [-0.2, 0) is 6.61 Å². The molecular formula is C11H9N3OS. The van der Waals surface area contributed by atoms with Crippen molar-refractivity contribution in [2.75, 3.05) is 5.73 Å². The van der Waals surface area contributed by atoms with Crippen LogP contribution in [0.5, 0.6) is 5.88 Å². The van der Waals surface area contributed by atoms with Crippen molar-refractivity contribution in [1.82, 2.24) is 4.98 Å². The first-order valence-corrected chi connectivity index (χ1v) is 5.49.